The number of carbonyl (C=O) groups excluding carboxylic acids is 1. The second-order valence-electron chi connectivity index (χ2n) is 5.27. The SMILES string of the molecule is CCOc1cc(/C=C(\C#N)C(=O)Nc2cccc(C)c2)c(Br)cc1O. The lowest BCUT2D eigenvalue weighted by Gasteiger charge is -2.09. The normalized spacial score (nSPS) is 10.9. The van der Waals surface area contributed by atoms with Gasteiger partial charge in [-0.1, -0.05) is 28.1 Å². The van der Waals surface area contributed by atoms with Gasteiger partial charge in [0.25, 0.3) is 5.91 Å². The van der Waals surface area contributed by atoms with Crippen LogP contribution in [-0.2, 0) is 4.79 Å². The zero-order chi connectivity index (χ0) is 18.4. The number of nitriles is 1. The van der Waals surface area contributed by atoms with Crippen LogP contribution in [0.1, 0.15) is 18.1 Å². The van der Waals surface area contributed by atoms with Crippen LogP contribution in [0.25, 0.3) is 6.08 Å². The van der Waals surface area contributed by atoms with Crippen LogP contribution < -0.4 is 10.1 Å². The zero-order valence-corrected chi connectivity index (χ0v) is 15.4. The summed E-state index contributed by atoms with van der Waals surface area (Å²) in [4.78, 5) is 12.4. The second-order valence-corrected chi connectivity index (χ2v) is 6.12. The van der Waals surface area contributed by atoms with Crippen molar-refractivity contribution in [3.05, 3.63) is 57.6 Å². The first-order valence-corrected chi connectivity index (χ1v) is 8.39. The first kappa shape index (κ1) is 18.6. The van der Waals surface area contributed by atoms with Crippen molar-refractivity contribution in [3.8, 4) is 17.6 Å². The maximum Gasteiger partial charge on any atom is 0.266 e. The Morgan fingerprint density at radius 3 is 2.80 bits per heavy atom. The lowest BCUT2D eigenvalue weighted by Crippen LogP contribution is -2.13. The van der Waals surface area contributed by atoms with Crippen LogP contribution in [0.15, 0.2) is 46.4 Å². The minimum atomic E-state index is -0.508. The highest BCUT2D eigenvalue weighted by atomic mass is 79.9. The predicted octanol–water partition coefficient (Wildman–Crippen LogP) is 4.41. The number of amides is 1. The summed E-state index contributed by atoms with van der Waals surface area (Å²) in [5, 5.41) is 21.9. The van der Waals surface area contributed by atoms with E-state index < -0.39 is 5.91 Å². The van der Waals surface area contributed by atoms with Crippen LogP contribution in [0.5, 0.6) is 11.5 Å². The average molecular weight is 401 g/mol. The second kappa shape index (κ2) is 8.36. The maximum atomic E-state index is 12.4. The number of carbonyl (C=O) groups is 1. The van der Waals surface area contributed by atoms with Crippen LogP contribution >= 0.6 is 15.9 Å². The first-order valence-electron chi connectivity index (χ1n) is 7.59. The Bertz CT molecular complexity index is 869. The summed E-state index contributed by atoms with van der Waals surface area (Å²) in [5.41, 5.74) is 2.11. The van der Waals surface area contributed by atoms with Crippen molar-refractivity contribution in [2.45, 2.75) is 13.8 Å². The lowest BCUT2D eigenvalue weighted by atomic mass is 10.1. The molecule has 0 aliphatic rings. The summed E-state index contributed by atoms with van der Waals surface area (Å²) >= 11 is 3.31. The van der Waals surface area contributed by atoms with Crippen molar-refractivity contribution in [3.63, 3.8) is 0 Å². The Balaban J connectivity index is 2.32. The molecule has 2 aromatic rings. The van der Waals surface area contributed by atoms with Crippen LogP contribution in [0, 0.1) is 18.3 Å². The van der Waals surface area contributed by atoms with Crippen molar-refractivity contribution in [1.29, 1.82) is 5.26 Å². The van der Waals surface area contributed by atoms with Crippen LogP contribution in [0.3, 0.4) is 0 Å². The van der Waals surface area contributed by atoms with E-state index in [4.69, 9.17) is 4.74 Å². The fraction of sp³-hybridized carbons (Fsp3) is 0.158. The molecule has 2 rings (SSSR count). The molecule has 0 heterocycles. The number of phenols is 1. The van der Waals surface area contributed by atoms with E-state index in [1.807, 2.05) is 31.2 Å². The van der Waals surface area contributed by atoms with Gasteiger partial charge in [0.1, 0.15) is 11.6 Å². The van der Waals surface area contributed by atoms with E-state index in [2.05, 4.69) is 21.2 Å². The fourth-order valence-electron chi connectivity index (χ4n) is 2.17. The number of phenolic OH excluding ortho intramolecular Hbond substituents is 1. The van der Waals surface area contributed by atoms with Gasteiger partial charge in [0.05, 0.1) is 6.61 Å². The summed E-state index contributed by atoms with van der Waals surface area (Å²) in [7, 11) is 0. The number of hydrogen-bond acceptors (Lipinski definition) is 4. The van der Waals surface area contributed by atoms with Crippen LogP contribution in [0.4, 0.5) is 5.69 Å². The van der Waals surface area contributed by atoms with Crippen molar-refractivity contribution in [2.24, 2.45) is 0 Å². The summed E-state index contributed by atoms with van der Waals surface area (Å²) < 4.78 is 5.88. The highest BCUT2D eigenvalue weighted by Gasteiger charge is 2.13. The Hall–Kier alpha value is -2.78. The van der Waals surface area contributed by atoms with E-state index in [-0.39, 0.29) is 17.1 Å². The largest absolute Gasteiger partial charge is 0.504 e. The molecule has 0 atom stereocenters. The molecule has 5 nitrogen and oxygen atoms in total. The summed E-state index contributed by atoms with van der Waals surface area (Å²) in [5.74, 6) is -0.243. The fourth-order valence-corrected chi connectivity index (χ4v) is 2.61. The molecule has 6 heteroatoms. The van der Waals surface area contributed by atoms with Crippen molar-refractivity contribution in [1.82, 2.24) is 0 Å². The number of rotatable bonds is 5. The minimum absolute atomic E-state index is 0.0198. The number of anilines is 1. The third-order valence-electron chi connectivity index (χ3n) is 3.32. The molecule has 0 saturated heterocycles. The molecular weight excluding hydrogens is 384 g/mol. The smallest absolute Gasteiger partial charge is 0.266 e. The van der Waals surface area contributed by atoms with Gasteiger partial charge in [0.15, 0.2) is 11.5 Å². The number of hydrogen-bond donors (Lipinski definition) is 2. The molecule has 128 valence electrons. The highest BCUT2D eigenvalue weighted by Crippen LogP contribution is 2.33. The molecule has 1 amide bonds. The Labute approximate surface area is 154 Å². The lowest BCUT2D eigenvalue weighted by molar-refractivity contribution is -0.112. The van der Waals surface area contributed by atoms with Gasteiger partial charge >= 0.3 is 0 Å². The molecule has 0 radical (unpaired) electrons. The number of ether oxygens (including phenoxy) is 1. The maximum absolute atomic E-state index is 12.4. The molecule has 2 aromatic carbocycles. The Kier molecular flexibility index (Phi) is 6.20. The number of benzene rings is 2. The van der Waals surface area contributed by atoms with Gasteiger partial charge in [0, 0.05) is 10.2 Å². The quantitative estimate of drug-likeness (QED) is 0.575. The number of nitrogens with zero attached hydrogens (tertiary/aromatic N) is 1. The molecule has 0 spiro atoms. The zero-order valence-electron chi connectivity index (χ0n) is 13.8. The molecule has 25 heavy (non-hydrogen) atoms. The highest BCUT2D eigenvalue weighted by molar-refractivity contribution is 9.10. The Morgan fingerprint density at radius 2 is 2.16 bits per heavy atom. The molecule has 0 aliphatic carbocycles. The van der Waals surface area contributed by atoms with Crippen molar-refractivity contribution >= 4 is 33.6 Å². The molecule has 0 aromatic heterocycles. The third kappa shape index (κ3) is 4.85. The van der Waals surface area contributed by atoms with Crippen molar-refractivity contribution in [2.75, 3.05) is 11.9 Å². The summed E-state index contributed by atoms with van der Waals surface area (Å²) in [6.45, 7) is 4.10. The molecule has 0 unspecified atom stereocenters. The number of halogens is 1. The number of aryl methyl sites for hydroxylation is 1. The minimum Gasteiger partial charge on any atom is -0.504 e. The van der Waals surface area contributed by atoms with Gasteiger partial charge in [-0.15, -0.1) is 0 Å². The molecule has 0 fully saturated rings. The average Bonchev–Trinajstić information content (AvgIpc) is 2.56. The van der Waals surface area contributed by atoms with Gasteiger partial charge in [-0.05, 0) is 55.3 Å². The molecule has 0 saturated carbocycles. The van der Waals surface area contributed by atoms with E-state index in [1.165, 1.54) is 12.1 Å². The van der Waals surface area contributed by atoms with Gasteiger partial charge in [-0.3, -0.25) is 4.79 Å². The first-order chi connectivity index (χ1) is 11.9. The number of nitrogens with one attached hydrogen (secondary N) is 1. The van der Waals surface area contributed by atoms with E-state index in [9.17, 15) is 15.2 Å². The van der Waals surface area contributed by atoms with E-state index in [0.717, 1.165) is 5.56 Å². The van der Waals surface area contributed by atoms with E-state index >= 15 is 0 Å². The molecule has 0 bridgehead atoms. The molecule has 2 N–H and O–H groups in total. The summed E-state index contributed by atoms with van der Waals surface area (Å²) in [6.07, 6.45) is 1.44. The standard InChI is InChI=1S/C19H17BrN2O3/c1-3-25-18-9-13(16(20)10-17(18)23)8-14(11-21)19(24)22-15-6-4-5-12(2)7-15/h4-10,23H,3H2,1-2H3,(H,22,24)/b14-8+. The van der Waals surface area contributed by atoms with E-state index in [0.29, 0.717) is 22.3 Å². The molecule has 0 aliphatic heterocycles. The monoisotopic (exact) mass is 400 g/mol. The predicted molar refractivity (Wildman–Crippen MR) is 100 cm³/mol. The van der Waals surface area contributed by atoms with Crippen molar-refractivity contribution < 1.29 is 14.6 Å². The van der Waals surface area contributed by atoms with Gasteiger partial charge in [0.2, 0.25) is 0 Å². The summed E-state index contributed by atoms with van der Waals surface area (Å²) in [6, 6.07) is 12.2. The van der Waals surface area contributed by atoms with Crippen LogP contribution in [-0.4, -0.2) is 17.6 Å². The van der Waals surface area contributed by atoms with E-state index in [1.54, 1.807) is 19.1 Å². The van der Waals surface area contributed by atoms with Gasteiger partial charge < -0.3 is 15.2 Å². The third-order valence-corrected chi connectivity index (χ3v) is 4.01. The van der Waals surface area contributed by atoms with Crippen LogP contribution in [0.2, 0.25) is 0 Å². The van der Waals surface area contributed by atoms with Gasteiger partial charge in [-0.25, -0.2) is 0 Å². The molecular formula is C19H17BrN2O3. The Morgan fingerprint density at radius 1 is 1.40 bits per heavy atom. The topological polar surface area (TPSA) is 82.3 Å². The van der Waals surface area contributed by atoms with Gasteiger partial charge in [-0.2, -0.15) is 5.26 Å². The number of aromatic hydroxyl groups is 1.